The summed E-state index contributed by atoms with van der Waals surface area (Å²) in [5.41, 5.74) is 10.6. The van der Waals surface area contributed by atoms with Crippen LogP contribution in [0, 0.1) is 17.9 Å². The fourth-order valence-electron chi connectivity index (χ4n) is 8.51. The van der Waals surface area contributed by atoms with Crippen molar-refractivity contribution in [1.82, 2.24) is 9.13 Å². The average molecular weight is 717 g/mol. The number of aromatic nitrogens is 2. The van der Waals surface area contributed by atoms with Crippen molar-refractivity contribution >= 4 is 80.8 Å². The summed E-state index contributed by atoms with van der Waals surface area (Å²) in [5, 5.41) is 17.6. The van der Waals surface area contributed by atoms with Gasteiger partial charge in [0.25, 0.3) is 0 Å². The quantitative estimate of drug-likeness (QED) is 0.167. The Labute approximate surface area is 320 Å². The number of benzene rings is 8. The van der Waals surface area contributed by atoms with E-state index in [0.29, 0.717) is 16.9 Å². The van der Waals surface area contributed by atoms with Crippen molar-refractivity contribution in [1.29, 1.82) is 5.26 Å². The monoisotopic (exact) mass is 716 g/mol. The van der Waals surface area contributed by atoms with E-state index in [4.69, 9.17) is 6.57 Å². The number of para-hydroxylation sites is 1. The second kappa shape index (κ2) is 12.0. The highest BCUT2D eigenvalue weighted by atomic mass is 32.1. The van der Waals surface area contributed by atoms with Crippen molar-refractivity contribution in [3.8, 4) is 39.7 Å². The predicted octanol–water partition coefficient (Wildman–Crippen LogP) is 14.0. The number of hydrogen-bond donors (Lipinski definition) is 0. The minimum Gasteiger partial charge on any atom is -0.319 e. The Balaban J connectivity index is 1.23. The SMILES string of the molecule is [C-]#[N+]c1c(-n2c3ccccc3c3cc4c(cc32)sc2ccccc24)ccc(C#N)c1-n1c2ccc(-c3ccccc3)cc2c2cc(-c3ccccc3)ccc21. The lowest BCUT2D eigenvalue weighted by molar-refractivity contribution is 1.14. The van der Waals surface area contributed by atoms with E-state index < -0.39 is 0 Å². The second-order valence-corrected chi connectivity index (χ2v) is 15.0. The molecule has 0 saturated carbocycles. The average Bonchev–Trinajstić information content (AvgIpc) is 3.89. The van der Waals surface area contributed by atoms with Gasteiger partial charge in [0.2, 0.25) is 5.69 Å². The third-order valence-electron chi connectivity index (χ3n) is 11.0. The Morgan fingerprint density at radius 1 is 0.455 bits per heavy atom. The molecule has 0 amide bonds. The molecule has 254 valence electrons. The summed E-state index contributed by atoms with van der Waals surface area (Å²) in [4.78, 5) is 4.31. The van der Waals surface area contributed by atoms with Gasteiger partial charge in [0.15, 0.2) is 0 Å². The maximum Gasteiger partial charge on any atom is 0.235 e. The Kier molecular flexibility index (Phi) is 6.82. The van der Waals surface area contributed by atoms with E-state index in [1.165, 1.54) is 20.2 Å². The molecule has 0 atom stereocenters. The fraction of sp³-hybridized carbons (Fsp3) is 0. The topological polar surface area (TPSA) is 38.0 Å². The van der Waals surface area contributed by atoms with Crippen LogP contribution in [-0.4, -0.2) is 9.13 Å². The summed E-state index contributed by atoms with van der Waals surface area (Å²) in [5.74, 6) is 0. The van der Waals surface area contributed by atoms with Gasteiger partial charge < -0.3 is 9.13 Å². The lowest BCUT2D eigenvalue weighted by Crippen LogP contribution is -2.02. The maximum absolute atomic E-state index is 10.7. The van der Waals surface area contributed by atoms with E-state index in [2.05, 4.69) is 166 Å². The molecule has 0 aliphatic heterocycles. The van der Waals surface area contributed by atoms with Gasteiger partial charge in [0.1, 0.15) is 0 Å². The molecule has 55 heavy (non-hydrogen) atoms. The number of nitrogens with zero attached hydrogens (tertiary/aromatic N) is 4. The number of thiophene rings is 1. The molecule has 0 spiro atoms. The largest absolute Gasteiger partial charge is 0.319 e. The number of fused-ring (bicyclic) bond motifs is 9. The van der Waals surface area contributed by atoms with E-state index in [-0.39, 0.29) is 0 Å². The molecule has 4 nitrogen and oxygen atoms in total. The first-order valence-corrected chi connectivity index (χ1v) is 19.0. The molecule has 0 unspecified atom stereocenters. The summed E-state index contributed by atoms with van der Waals surface area (Å²) in [6.07, 6.45) is 0. The van der Waals surface area contributed by atoms with Gasteiger partial charge in [-0.25, -0.2) is 4.85 Å². The highest BCUT2D eigenvalue weighted by Crippen LogP contribution is 2.46. The third-order valence-corrected chi connectivity index (χ3v) is 12.1. The van der Waals surface area contributed by atoms with Crippen LogP contribution in [0.15, 0.2) is 170 Å². The van der Waals surface area contributed by atoms with Gasteiger partial charge in [-0.3, -0.25) is 0 Å². The summed E-state index contributed by atoms with van der Waals surface area (Å²) in [6, 6.07) is 61.7. The molecule has 3 heterocycles. The van der Waals surface area contributed by atoms with E-state index >= 15 is 0 Å². The molecule has 11 rings (SSSR count). The van der Waals surface area contributed by atoms with Crippen LogP contribution in [0.2, 0.25) is 0 Å². The highest BCUT2D eigenvalue weighted by molar-refractivity contribution is 7.25. The first-order valence-electron chi connectivity index (χ1n) is 18.2. The van der Waals surface area contributed by atoms with Gasteiger partial charge in [0, 0.05) is 41.7 Å². The van der Waals surface area contributed by atoms with Crippen LogP contribution >= 0.6 is 11.3 Å². The van der Waals surface area contributed by atoms with Crippen molar-refractivity contribution in [2.24, 2.45) is 0 Å². The van der Waals surface area contributed by atoms with E-state index in [1.54, 1.807) is 11.3 Å². The zero-order valence-electron chi connectivity index (χ0n) is 29.4. The molecule has 0 aliphatic rings. The fourth-order valence-corrected chi connectivity index (χ4v) is 9.63. The molecule has 11 aromatic rings. The molecule has 0 N–H and O–H groups in total. The molecule has 0 saturated heterocycles. The lowest BCUT2D eigenvalue weighted by atomic mass is 10.0. The Hall–Kier alpha value is -7.44. The standard InChI is InChI=1S/C50H28N4S/c1-52-49-45(53-42-18-10-8-16-36(42)40-28-41-37-17-9-11-19-47(37)55-48(41)29-46(40)53)25-22-35(30-51)50(49)54-43-23-20-33(31-12-4-2-5-13-31)26-38(43)39-27-34(21-24-44(39)54)32-14-6-3-7-15-32/h2-29H. The van der Waals surface area contributed by atoms with Crippen molar-refractivity contribution < 1.29 is 0 Å². The van der Waals surface area contributed by atoms with E-state index in [1.807, 2.05) is 24.3 Å². The molecule has 3 aromatic heterocycles. The minimum atomic E-state index is 0.427. The van der Waals surface area contributed by atoms with Crippen molar-refractivity contribution in [3.63, 3.8) is 0 Å². The summed E-state index contributed by atoms with van der Waals surface area (Å²) in [6.45, 7) is 8.82. The van der Waals surface area contributed by atoms with Crippen LogP contribution in [0.5, 0.6) is 0 Å². The van der Waals surface area contributed by atoms with Crippen LogP contribution in [0.4, 0.5) is 5.69 Å². The van der Waals surface area contributed by atoms with Gasteiger partial charge >= 0.3 is 0 Å². The summed E-state index contributed by atoms with van der Waals surface area (Å²) >= 11 is 1.79. The van der Waals surface area contributed by atoms with Crippen molar-refractivity contribution in [3.05, 3.63) is 187 Å². The van der Waals surface area contributed by atoms with E-state index in [0.717, 1.165) is 71.6 Å². The Morgan fingerprint density at radius 2 is 1.04 bits per heavy atom. The lowest BCUT2D eigenvalue weighted by Gasteiger charge is -2.17. The van der Waals surface area contributed by atoms with Gasteiger partial charge in [-0.15, -0.1) is 11.3 Å². The Bertz CT molecular complexity index is 3350. The maximum atomic E-state index is 10.7. The van der Waals surface area contributed by atoms with Crippen LogP contribution in [0.1, 0.15) is 5.56 Å². The van der Waals surface area contributed by atoms with Crippen molar-refractivity contribution in [2.75, 3.05) is 0 Å². The Morgan fingerprint density at radius 3 is 1.69 bits per heavy atom. The zero-order valence-corrected chi connectivity index (χ0v) is 30.2. The smallest absolute Gasteiger partial charge is 0.235 e. The number of hydrogen-bond acceptors (Lipinski definition) is 2. The van der Waals surface area contributed by atoms with Gasteiger partial charge in [-0.2, -0.15) is 5.26 Å². The molecule has 0 bridgehead atoms. The molecule has 0 aliphatic carbocycles. The van der Waals surface area contributed by atoms with E-state index in [9.17, 15) is 5.26 Å². The normalized spacial score (nSPS) is 11.6. The predicted molar refractivity (Wildman–Crippen MR) is 230 cm³/mol. The molecular weight excluding hydrogens is 689 g/mol. The second-order valence-electron chi connectivity index (χ2n) is 13.9. The summed E-state index contributed by atoms with van der Waals surface area (Å²) < 4.78 is 6.81. The van der Waals surface area contributed by atoms with Gasteiger partial charge in [0.05, 0.1) is 51.6 Å². The first-order chi connectivity index (χ1) is 27.2. The molecule has 5 heteroatoms. The number of rotatable bonds is 4. The molecule has 0 radical (unpaired) electrons. The third kappa shape index (κ3) is 4.61. The van der Waals surface area contributed by atoms with Crippen LogP contribution in [-0.2, 0) is 0 Å². The molecule has 8 aromatic carbocycles. The van der Waals surface area contributed by atoms with Crippen molar-refractivity contribution in [2.45, 2.75) is 0 Å². The van der Waals surface area contributed by atoms with Crippen LogP contribution in [0.25, 0.3) is 102 Å². The zero-order chi connectivity index (χ0) is 36.6. The van der Waals surface area contributed by atoms with Gasteiger partial charge in [-0.1, -0.05) is 109 Å². The minimum absolute atomic E-state index is 0.427. The van der Waals surface area contributed by atoms with Crippen LogP contribution in [0.3, 0.4) is 0 Å². The summed E-state index contributed by atoms with van der Waals surface area (Å²) in [7, 11) is 0. The number of nitriles is 1. The highest BCUT2D eigenvalue weighted by Gasteiger charge is 2.24. The van der Waals surface area contributed by atoms with Crippen LogP contribution < -0.4 is 0 Å². The van der Waals surface area contributed by atoms with Gasteiger partial charge in [-0.05, 0) is 82.9 Å². The molecule has 0 fully saturated rings. The first kappa shape index (κ1) is 31.1. The molecular formula is C50H28N4S.